The summed E-state index contributed by atoms with van der Waals surface area (Å²) >= 11 is 6.35. The number of hydrogen-bond donors (Lipinski definition) is 2. The molecule has 0 radical (unpaired) electrons. The molecular formula is C26H27ClN6O2. The van der Waals surface area contributed by atoms with Gasteiger partial charge in [-0.05, 0) is 62.1 Å². The summed E-state index contributed by atoms with van der Waals surface area (Å²) in [6.45, 7) is 5.45. The number of nitrogens with two attached hydrogens (primary N) is 1. The van der Waals surface area contributed by atoms with Gasteiger partial charge in [-0.2, -0.15) is 10.2 Å². The number of carbonyl (C=O) groups is 1. The zero-order valence-corrected chi connectivity index (χ0v) is 20.5. The summed E-state index contributed by atoms with van der Waals surface area (Å²) in [5.74, 6) is 1.06. The van der Waals surface area contributed by atoms with Crippen molar-refractivity contribution in [1.82, 2.24) is 9.97 Å². The van der Waals surface area contributed by atoms with Crippen molar-refractivity contribution in [3.8, 4) is 17.7 Å². The topological polar surface area (TPSA) is 117 Å². The first-order chi connectivity index (χ1) is 16.8. The van der Waals surface area contributed by atoms with Crippen molar-refractivity contribution >= 4 is 29.1 Å². The van der Waals surface area contributed by atoms with Gasteiger partial charge in [0, 0.05) is 36.6 Å². The van der Waals surface area contributed by atoms with E-state index in [4.69, 9.17) is 27.3 Å². The van der Waals surface area contributed by atoms with E-state index in [1.165, 1.54) is 0 Å². The van der Waals surface area contributed by atoms with E-state index < -0.39 is 0 Å². The second kappa shape index (κ2) is 10.6. The second-order valence-corrected chi connectivity index (χ2v) is 9.13. The molecule has 0 bridgehead atoms. The van der Waals surface area contributed by atoms with Crippen LogP contribution in [0.4, 0.5) is 11.6 Å². The van der Waals surface area contributed by atoms with E-state index in [1.54, 1.807) is 18.3 Å². The van der Waals surface area contributed by atoms with Crippen LogP contribution in [0.5, 0.6) is 11.6 Å². The van der Waals surface area contributed by atoms with Gasteiger partial charge in [-0.1, -0.05) is 23.7 Å². The summed E-state index contributed by atoms with van der Waals surface area (Å²) in [6.07, 6.45) is 3.78. The van der Waals surface area contributed by atoms with E-state index in [0.717, 1.165) is 48.3 Å². The van der Waals surface area contributed by atoms with Gasteiger partial charge >= 0.3 is 0 Å². The highest BCUT2D eigenvalue weighted by Gasteiger charge is 2.21. The maximum Gasteiger partial charge on any atom is 0.227 e. The normalized spacial score (nSPS) is 13.8. The van der Waals surface area contributed by atoms with Gasteiger partial charge in [-0.15, -0.1) is 0 Å². The molecule has 3 aromatic rings. The number of hydrogen-bond acceptors (Lipinski definition) is 7. The molecule has 0 spiro atoms. The third kappa shape index (κ3) is 6.00. The van der Waals surface area contributed by atoms with Crippen LogP contribution in [0.15, 0.2) is 42.6 Å². The van der Waals surface area contributed by atoms with Crippen LogP contribution in [0, 0.1) is 25.2 Å². The van der Waals surface area contributed by atoms with Gasteiger partial charge in [0.25, 0.3) is 0 Å². The number of benzene rings is 2. The molecule has 3 N–H and O–H groups in total. The third-order valence-electron chi connectivity index (χ3n) is 5.96. The lowest BCUT2D eigenvalue weighted by Crippen LogP contribution is -2.39. The number of rotatable bonds is 7. The summed E-state index contributed by atoms with van der Waals surface area (Å²) in [4.78, 5) is 22.6. The van der Waals surface area contributed by atoms with Crippen LogP contribution in [-0.4, -0.2) is 35.0 Å². The van der Waals surface area contributed by atoms with Gasteiger partial charge in [-0.25, -0.2) is 4.98 Å². The minimum Gasteiger partial charge on any atom is -0.437 e. The Morgan fingerprint density at radius 2 is 2.03 bits per heavy atom. The smallest absolute Gasteiger partial charge is 0.227 e. The van der Waals surface area contributed by atoms with Crippen LogP contribution in [0.25, 0.3) is 0 Å². The lowest BCUT2D eigenvalue weighted by molar-refractivity contribution is -0.117. The van der Waals surface area contributed by atoms with Gasteiger partial charge in [0.1, 0.15) is 0 Å². The first kappa shape index (κ1) is 24.3. The number of nitriles is 1. The number of nitrogens with zero attached hydrogens (tertiary/aromatic N) is 4. The summed E-state index contributed by atoms with van der Waals surface area (Å²) < 4.78 is 6.04. The Labute approximate surface area is 209 Å². The summed E-state index contributed by atoms with van der Waals surface area (Å²) in [6, 6.07) is 13.6. The standard InChI is InChI=1S/C26H27ClN6O2/c1-16-10-19(14-28)12-22(27)24(16)35-25-17(2)15-30-26(32-25)31-20-6-8-33(9-7-20)21-5-3-4-18(11-21)13-23(29)34/h3-5,10-12,15,20H,6-9,13H2,1-2H3,(H2,29,34)(H,30,31,32). The van der Waals surface area contributed by atoms with Crippen molar-refractivity contribution in [2.24, 2.45) is 5.73 Å². The van der Waals surface area contributed by atoms with Gasteiger partial charge in [0.2, 0.25) is 17.7 Å². The second-order valence-electron chi connectivity index (χ2n) is 8.72. The number of ether oxygens (including phenoxy) is 1. The van der Waals surface area contributed by atoms with Crippen molar-refractivity contribution in [2.75, 3.05) is 23.3 Å². The van der Waals surface area contributed by atoms with E-state index in [0.29, 0.717) is 28.2 Å². The molecule has 0 atom stereocenters. The average Bonchev–Trinajstić information content (AvgIpc) is 2.83. The SMILES string of the molecule is Cc1cnc(NC2CCN(c3cccc(CC(N)=O)c3)CC2)nc1Oc1c(C)cc(C#N)cc1Cl. The molecule has 2 heterocycles. The number of nitrogens with one attached hydrogen (secondary N) is 1. The van der Waals surface area contributed by atoms with Crippen molar-refractivity contribution in [1.29, 1.82) is 5.26 Å². The fourth-order valence-corrected chi connectivity index (χ4v) is 4.45. The Hall–Kier alpha value is -3.83. The number of halogens is 1. The van der Waals surface area contributed by atoms with E-state index in [1.807, 2.05) is 32.0 Å². The Morgan fingerprint density at radius 3 is 2.71 bits per heavy atom. The number of amides is 1. The molecule has 0 saturated carbocycles. The van der Waals surface area contributed by atoms with Crippen LogP contribution < -0.4 is 20.7 Å². The number of carbonyl (C=O) groups excluding carboxylic acids is 1. The van der Waals surface area contributed by atoms with Crippen molar-refractivity contribution in [2.45, 2.75) is 39.2 Å². The number of anilines is 2. The predicted molar refractivity (Wildman–Crippen MR) is 136 cm³/mol. The highest BCUT2D eigenvalue weighted by Crippen LogP contribution is 2.34. The predicted octanol–water partition coefficient (Wildman–Crippen LogP) is 4.52. The molecule has 1 fully saturated rings. The lowest BCUT2D eigenvalue weighted by atomic mass is 10.0. The molecule has 2 aromatic carbocycles. The van der Waals surface area contributed by atoms with E-state index >= 15 is 0 Å². The van der Waals surface area contributed by atoms with E-state index in [-0.39, 0.29) is 18.4 Å². The number of piperidine rings is 1. The molecule has 9 heteroatoms. The lowest BCUT2D eigenvalue weighted by Gasteiger charge is -2.34. The first-order valence-corrected chi connectivity index (χ1v) is 11.8. The quantitative estimate of drug-likeness (QED) is 0.500. The fourth-order valence-electron chi connectivity index (χ4n) is 4.15. The zero-order chi connectivity index (χ0) is 24.9. The molecule has 4 rings (SSSR count). The Kier molecular flexibility index (Phi) is 7.37. The maximum atomic E-state index is 11.2. The molecule has 0 aliphatic carbocycles. The number of aromatic nitrogens is 2. The molecule has 1 aliphatic heterocycles. The molecule has 1 aromatic heterocycles. The van der Waals surface area contributed by atoms with Crippen molar-refractivity contribution in [3.05, 3.63) is 69.9 Å². The van der Waals surface area contributed by atoms with Crippen LogP contribution in [-0.2, 0) is 11.2 Å². The van der Waals surface area contributed by atoms with Crippen molar-refractivity contribution < 1.29 is 9.53 Å². The largest absolute Gasteiger partial charge is 0.437 e. The summed E-state index contributed by atoms with van der Waals surface area (Å²) in [5.41, 5.74) is 9.37. The Bertz CT molecular complexity index is 1260. The molecule has 1 amide bonds. The van der Waals surface area contributed by atoms with Gasteiger partial charge in [-0.3, -0.25) is 4.79 Å². The van der Waals surface area contributed by atoms with Crippen LogP contribution in [0.1, 0.15) is 35.1 Å². The highest BCUT2D eigenvalue weighted by molar-refractivity contribution is 6.32. The monoisotopic (exact) mass is 490 g/mol. The van der Waals surface area contributed by atoms with Crippen LogP contribution in [0.3, 0.4) is 0 Å². The fraction of sp³-hybridized carbons (Fsp3) is 0.308. The molecule has 1 saturated heterocycles. The molecule has 35 heavy (non-hydrogen) atoms. The molecular weight excluding hydrogens is 464 g/mol. The van der Waals surface area contributed by atoms with Gasteiger partial charge < -0.3 is 20.7 Å². The Morgan fingerprint density at radius 1 is 1.26 bits per heavy atom. The Balaban J connectivity index is 1.40. The molecule has 0 unspecified atom stereocenters. The van der Waals surface area contributed by atoms with Crippen LogP contribution in [0.2, 0.25) is 5.02 Å². The van der Waals surface area contributed by atoms with Crippen LogP contribution >= 0.6 is 11.6 Å². The number of aryl methyl sites for hydroxylation is 2. The number of primary amides is 1. The maximum absolute atomic E-state index is 11.2. The van der Waals surface area contributed by atoms with E-state index in [9.17, 15) is 4.79 Å². The van der Waals surface area contributed by atoms with Crippen molar-refractivity contribution in [3.63, 3.8) is 0 Å². The summed E-state index contributed by atoms with van der Waals surface area (Å²) in [7, 11) is 0. The third-order valence-corrected chi connectivity index (χ3v) is 6.25. The zero-order valence-electron chi connectivity index (χ0n) is 19.7. The summed E-state index contributed by atoms with van der Waals surface area (Å²) in [5, 5.41) is 12.9. The molecule has 1 aliphatic rings. The first-order valence-electron chi connectivity index (χ1n) is 11.4. The van der Waals surface area contributed by atoms with Gasteiger partial charge in [0.15, 0.2) is 5.75 Å². The van der Waals surface area contributed by atoms with Gasteiger partial charge in [0.05, 0.1) is 23.1 Å². The minimum atomic E-state index is -0.330. The highest BCUT2D eigenvalue weighted by atomic mass is 35.5. The average molecular weight is 491 g/mol. The minimum absolute atomic E-state index is 0.218. The molecule has 180 valence electrons. The molecule has 8 nitrogen and oxygen atoms in total. The van der Waals surface area contributed by atoms with E-state index in [2.05, 4.69) is 32.3 Å².